The fourth-order valence-corrected chi connectivity index (χ4v) is 2.01. The maximum atomic E-state index is 11.1. The van der Waals surface area contributed by atoms with Crippen LogP contribution in [0.25, 0.3) is 0 Å². The lowest BCUT2D eigenvalue weighted by molar-refractivity contribution is -0.138. The van der Waals surface area contributed by atoms with Crippen molar-refractivity contribution in [3.05, 3.63) is 22.7 Å². The fourth-order valence-electron chi connectivity index (χ4n) is 1.73. The molecule has 1 N–H and O–H groups in total. The molecule has 2 rings (SSSR count). The van der Waals surface area contributed by atoms with E-state index in [0.717, 1.165) is 0 Å². The number of fused-ring (bicyclic) bond motifs is 1. The van der Waals surface area contributed by atoms with Gasteiger partial charge in [0, 0.05) is 11.1 Å². The summed E-state index contributed by atoms with van der Waals surface area (Å²) in [6, 6.07) is 3.25. The smallest absolute Gasteiger partial charge is 0.311 e. The minimum Gasteiger partial charge on any atom is -0.481 e. The molecule has 1 aromatic rings. The van der Waals surface area contributed by atoms with E-state index in [-0.39, 0.29) is 6.79 Å². The lowest BCUT2D eigenvalue weighted by atomic mass is 9.96. The Balaban J connectivity index is 2.44. The van der Waals surface area contributed by atoms with E-state index >= 15 is 0 Å². The molecule has 0 bridgehead atoms. The van der Waals surface area contributed by atoms with Gasteiger partial charge in [0.1, 0.15) is 0 Å². The third kappa shape index (κ3) is 1.80. The first-order valence-electron chi connectivity index (χ1n) is 4.95. The van der Waals surface area contributed by atoms with Crippen molar-refractivity contribution < 1.29 is 19.4 Å². The predicted molar refractivity (Wildman–Crippen MR) is 58.2 cm³/mol. The van der Waals surface area contributed by atoms with Gasteiger partial charge in [0.05, 0.1) is 5.92 Å². The standard InChI is InChI=1S/C11H11ClO4/c1-2-6(11(13)14)7-3-9-10(4-8(7)12)16-5-15-9/h3-4,6H,2,5H2,1H3,(H,13,14). The van der Waals surface area contributed by atoms with Gasteiger partial charge in [0.15, 0.2) is 11.5 Å². The van der Waals surface area contributed by atoms with Gasteiger partial charge in [-0.15, -0.1) is 0 Å². The van der Waals surface area contributed by atoms with Crippen LogP contribution in [0.4, 0.5) is 0 Å². The lowest BCUT2D eigenvalue weighted by Crippen LogP contribution is -2.10. The minimum atomic E-state index is -0.886. The molecule has 0 amide bonds. The highest BCUT2D eigenvalue weighted by Crippen LogP contribution is 2.40. The topological polar surface area (TPSA) is 55.8 Å². The summed E-state index contributed by atoms with van der Waals surface area (Å²) in [5, 5.41) is 9.47. The van der Waals surface area contributed by atoms with E-state index in [1.165, 1.54) is 0 Å². The summed E-state index contributed by atoms with van der Waals surface area (Å²) in [4.78, 5) is 11.1. The number of carboxylic acids is 1. The molecule has 1 atom stereocenters. The van der Waals surface area contributed by atoms with Crippen molar-refractivity contribution in [3.63, 3.8) is 0 Å². The van der Waals surface area contributed by atoms with Crippen LogP contribution >= 0.6 is 11.6 Å². The molecule has 0 saturated carbocycles. The zero-order chi connectivity index (χ0) is 11.7. The molecule has 1 aliphatic rings. The first-order chi connectivity index (χ1) is 7.63. The molecule has 4 nitrogen and oxygen atoms in total. The summed E-state index contributed by atoms with van der Waals surface area (Å²) in [6.07, 6.45) is 0.481. The first kappa shape index (κ1) is 11.1. The number of carbonyl (C=O) groups is 1. The predicted octanol–water partition coefficient (Wildman–Crippen LogP) is 2.65. The van der Waals surface area contributed by atoms with Gasteiger partial charge in [-0.1, -0.05) is 18.5 Å². The van der Waals surface area contributed by atoms with Gasteiger partial charge in [0.25, 0.3) is 0 Å². The Labute approximate surface area is 97.7 Å². The molecule has 1 unspecified atom stereocenters. The minimum absolute atomic E-state index is 0.152. The number of halogens is 1. The summed E-state index contributed by atoms with van der Waals surface area (Å²) in [6.45, 7) is 1.96. The first-order valence-corrected chi connectivity index (χ1v) is 5.33. The summed E-state index contributed by atoms with van der Waals surface area (Å²) in [5.41, 5.74) is 0.570. The van der Waals surface area contributed by atoms with Crippen LogP contribution in [0.2, 0.25) is 5.02 Å². The summed E-state index contributed by atoms with van der Waals surface area (Å²) >= 11 is 6.03. The normalized spacial score (nSPS) is 14.9. The number of hydrogen-bond acceptors (Lipinski definition) is 3. The molecule has 0 aliphatic carbocycles. The summed E-state index contributed by atoms with van der Waals surface area (Å²) in [5.74, 6) is -0.377. The Hall–Kier alpha value is -1.42. The average Bonchev–Trinajstić information content (AvgIpc) is 2.65. The fraction of sp³-hybridized carbons (Fsp3) is 0.364. The molecule has 0 fully saturated rings. The molecule has 1 aliphatic heterocycles. The van der Waals surface area contributed by atoms with Crippen molar-refractivity contribution in [1.82, 2.24) is 0 Å². The maximum Gasteiger partial charge on any atom is 0.311 e. The van der Waals surface area contributed by atoms with Gasteiger partial charge < -0.3 is 14.6 Å². The average molecular weight is 243 g/mol. The molecule has 1 heterocycles. The maximum absolute atomic E-state index is 11.1. The van der Waals surface area contributed by atoms with Crippen molar-refractivity contribution >= 4 is 17.6 Å². The molecule has 0 spiro atoms. The Morgan fingerprint density at radius 1 is 1.50 bits per heavy atom. The van der Waals surface area contributed by atoms with Gasteiger partial charge in [0.2, 0.25) is 6.79 Å². The molecular weight excluding hydrogens is 232 g/mol. The van der Waals surface area contributed by atoms with Gasteiger partial charge in [-0.3, -0.25) is 4.79 Å². The van der Waals surface area contributed by atoms with Crippen LogP contribution in [0, 0.1) is 0 Å². The number of hydrogen-bond donors (Lipinski definition) is 1. The van der Waals surface area contributed by atoms with Crippen LogP contribution in [0.15, 0.2) is 12.1 Å². The van der Waals surface area contributed by atoms with Crippen LogP contribution in [-0.2, 0) is 4.79 Å². The van der Waals surface area contributed by atoms with E-state index in [2.05, 4.69) is 0 Å². The molecule has 86 valence electrons. The molecule has 0 radical (unpaired) electrons. The molecule has 1 aromatic carbocycles. The highest BCUT2D eigenvalue weighted by molar-refractivity contribution is 6.31. The quantitative estimate of drug-likeness (QED) is 0.885. The van der Waals surface area contributed by atoms with Crippen molar-refractivity contribution in [2.75, 3.05) is 6.79 Å². The zero-order valence-electron chi connectivity index (χ0n) is 8.70. The Bertz CT molecular complexity index is 430. The van der Waals surface area contributed by atoms with Crippen LogP contribution in [0.3, 0.4) is 0 Å². The molecule has 0 saturated heterocycles. The Kier molecular flexibility index (Phi) is 2.92. The number of aliphatic carboxylic acids is 1. The van der Waals surface area contributed by atoms with Gasteiger partial charge in [-0.2, -0.15) is 0 Å². The van der Waals surface area contributed by atoms with E-state index < -0.39 is 11.9 Å². The van der Waals surface area contributed by atoms with E-state index in [4.69, 9.17) is 26.2 Å². The van der Waals surface area contributed by atoms with Crippen molar-refractivity contribution in [3.8, 4) is 11.5 Å². The third-order valence-corrected chi connectivity index (χ3v) is 2.90. The van der Waals surface area contributed by atoms with Gasteiger partial charge in [-0.05, 0) is 18.1 Å². The third-order valence-electron chi connectivity index (χ3n) is 2.57. The molecule has 0 aromatic heterocycles. The van der Waals surface area contributed by atoms with E-state index in [9.17, 15) is 4.79 Å². The van der Waals surface area contributed by atoms with Gasteiger partial charge >= 0.3 is 5.97 Å². The van der Waals surface area contributed by atoms with Crippen LogP contribution in [0.5, 0.6) is 11.5 Å². The number of rotatable bonds is 3. The van der Waals surface area contributed by atoms with Crippen LogP contribution in [-0.4, -0.2) is 17.9 Å². The summed E-state index contributed by atoms with van der Waals surface area (Å²) < 4.78 is 10.3. The van der Waals surface area contributed by atoms with Crippen molar-refractivity contribution in [1.29, 1.82) is 0 Å². The molecule has 5 heteroatoms. The lowest BCUT2D eigenvalue weighted by Gasteiger charge is -2.12. The van der Waals surface area contributed by atoms with Crippen LogP contribution in [0.1, 0.15) is 24.8 Å². The second-order valence-electron chi connectivity index (χ2n) is 3.53. The van der Waals surface area contributed by atoms with Crippen molar-refractivity contribution in [2.45, 2.75) is 19.3 Å². The highest BCUT2D eigenvalue weighted by atomic mass is 35.5. The largest absolute Gasteiger partial charge is 0.481 e. The highest BCUT2D eigenvalue weighted by Gasteiger charge is 2.24. The zero-order valence-corrected chi connectivity index (χ0v) is 9.45. The second kappa shape index (κ2) is 4.22. The van der Waals surface area contributed by atoms with E-state index in [1.807, 2.05) is 0 Å². The van der Waals surface area contributed by atoms with Crippen LogP contribution < -0.4 is 9.47 Å². The number of carboxylic acid groups (broad SMARTS) is 1. The Morgan fingerprint density at radius 2 is 2.12 bits per heavy atom. The number of ether oxygens (including phenoxy) is 2. The Morgan fingerprint density at radius 3 is 2.69 bits per heavy atom. The van der Waals surface area contributed by atoms with E-state index in [1.54, 1.807) is 19.1 Å². The second-order valence-corrected chi connectivity index (χ2v) is 3.93. The SMILES string of the molecule is CCC(C(=O)O)c1cc2c(cc1Cl)OCO2. The van der Waals surface area contributed by atoms with Gasteiger partial charge in [-0.25, -0.2) is 0 Å². The number of benzene rings is 1. The summed E-state index contributed by atoms with van der Waals surface area (Å²) in [7, 11) is 0. The molecular formula is C11H11ClO4. The van der Waals surface area contributed by atoms with Crippen molar-refractivity contribution in [2.24, 2.45) is 0 Å². The van der Waals surface area contributed by atoms with E-state index in [0.29, 0.717) is 28.5 Å². The molecule has 16 heavy (non-hydrogen) atoms. The monoisotopic (exact) mass is 242 g/mol.